The van der Waals surface area contributed by atoms with Gasteiger partial charge >= 0.3 is 5.69 Å². The lowest BCUT2D eigenvalue weighted by atomic mass is 10.00. The number of piperazine rings is 1. The first kappa shape index (κ1) is 22.8. The van der Waals surface area contributed by atoms with E-state index in [1.165, 1.54) is 10.8 Å². The first-order valence-electron chi connectivity index (χ1n) is 11.4. The topological polar surface area (TPSA) is 83.5 Å². The van der Waals surface area contributed by atoms with E-state index in [0.29, 0.717) is 12.1 Å². The van der Waals surface area contributed by atoms with Crippen molar-refractivity contribution in [2.75, 3.05) is 44.7 Å². The van der Waals surface area contributed by atoms with Crippen LogP contribution in [0, 0.1) is 0 Å². The Bertz CT molecular complexity index is 1170. The second kappa shape index (κ2) is 10.5. The van der Waals surface area contributed by atoms with Crippen LogP contribution in [0.15, 0.2) is 64.4 Å². The Balaban J connectivity index is 1.35. The predicted octanol–water partition coefficient (Wildman–Crippen LogP) is 2.30. The molecule has 1 aliphatic rings. The summed E-state index contributed by atoms with van der Waals surface area (Å²) < 4.78 is 6.81. The zero-order chi connectivity index (χ0) is 23.2. The molecule has 0 radical (unpaired) electrons. The van der Waals surface area contributed by atoms with Gasteiger partial charge in [-0.3, -0.25) is 19.2 Å². The molecule has 3 heterocycles. The molecule has 1 atom stereocenters. The van der Waals surface area contributed by atoms with Gasteiger partial charge in [-0.05, 0) is 37.2 Å². The fourth-order valence-electron chi connectivity index (χ4n) is 4.39. The molecule has 1 N–H and O–H groups in total. The van der Waals surface area contributed by atoms with Gasteiger partial charge in [0.25, 0.3) is 5.56 Å². The molecule has 8 heteroatoms. The molecule has 0 bridgehead atoms. The van der Waals surface area contributed by atoms with Crippen molar-refractivity contribution in [1.29, 1.82) is 0 Å². The molecule has 0 aliphatic carbocycles. The number of hydrogen-bond acceptors (Lipinski definition) is 6. The Kier molecular flexibility index (Phi) is 7.24. The number of hydrogen-bond donors (Lipinski definition) is 1. The van der Waals surface area contributed by atoms with E-state index >= 15 is 0 Å². The maximum Gasteiger partial charge on any atom is 0.328 e. The number of pyridine rings is 1. The van der Waals surface area contributed by atoms with Crippen LogP contribution in [0.2, 0.25) is 0 Å². The highest BCUT2D eigenvalue weighted by molar-refractivity contribution is 5.58. The zero-order valence-electron chi connectivity index (χ0n) is 19.2. The second-order valence-electron chi connectivity index (χ2n) is 8.34. The summed E-state index contributed by atoms with van der Waals surface area (Å²) in [6.07, 6.45) is 3.97. The predicted molar refractivity (Wildman–Crippen MR) is 129 cm³/mol. The van der Waals surface area contributed by atoms with Crippen LogP contribution in [-0.2, 0) is 6.54 Å². The number of nitrogens with zero attached hydrogens (tertiary/aromatic N) is 4. The first-order valence-corrected chi connectivity index (χ1v) is 11.4. The number of ether oxygens (including phenoxy) is 1. The van der Waals surface area contributed by atoms with Gasteiger partial charge in [-0.2, -0.15) is 0 Å². The maximum absolute atomic E-state index is 13.0. The van der Waals surface area contributed by atoms with Gasteiger partial charge in [0.1, 0.15) is 5.75 Å². The fourth-order valence-corrected chi connectivity index (χ4v) is 4.39. The molecule has 1 fully saturated rings. The van der Waals surface area contributed by atoms with E-state index in [0.717, 1.165) is 56.3 Å². The first-order chi connectivity index (χ1) is 16.1. The third-order valence-electron chi connectivity index (χ3n) is 6.34. The van der Waals surface area contributed by atoms with Crippen LogP contribution in [0.3, 0.4) is 0 Å². The van der Waals surface area contributed by atoms with Crippen molar-refractivity contribution in [3.63, 3.8) is 0 Å². The number of benzene rings is 1. The van der Waals surface area contributed by atoms with Crippen molar-refractivity contribution >= 4 is 5.69 Å². The molecule has 33 heavy (non-hydrogen) atoms. The highest BCUT2D eigenvalue weighted by Gasteiger charge is 2.20. The van der Waals surface area contributed by atoms with Gasteiger partial charge in [0.15, 0.2) is 0 Å². The van der Waals surface area contributed by atoms with E-state index in [2.05, 4.69) is 25.8 Å². The van der Waals surface area contributed by atoms with Crippen molar-refractivity contribution in [3.05, 3.63) is 87.0 Å². The lowest BCUT2D eigenvalue weighted by molar-refractivity contribution is 0.248. The Labute approximate surface area is 193 Å². The van der Waals surface area contributed by atoms with Crippen molar-refractivity contribution in [3.8, 4) is 5.75 Å². The summed E-state index contributed by atoms with van der Waals surface area (Å²) in [5.41, 5.74) is 1.88. The average molecular weight is 450 g/mol. The van der Waals surface area contributed by atoms with Crippen LogP contribution in [-0.4, -0.2) is 59.3 Å². The van der Waals surface area contributed by atoms with Gasteiger partial charge in [-0.1, -0.05) is 25.1 Å². The molecule has 0 saturated carbocycles. The number of rotatable bonds is 8. The molecule has 0 amide bonds. The minimum Gasteiger partial charge on any atom is -0.495 e. The summed E-state index contributed by atoms with van der Waals surface area (Å²) in [6, 6.07) is 13.7. The number of methoxy groups -OCH3 is 1. The van der Waals surface area contributed by atoms with E-state index in [4.69, 9.17) is 4.74 Å². The summed E-state index contributed by atoms with van der Waals surface area (Å²) in [5.74, 6) is 0.703. The summed E-state index contributed by atoms with van der Waals surface area (Å²) in [5, 5.41) is 0. The highest BCUT2D eigenvalue weighted by Crippen LogP contribution is 2.28. The molecule has 8 nitrogen and oxygen atoms in total. The summed E-state index contributed by atoms with van der Waals surface area (Å²) in [7, 11) is 1.70. The van der Waals surface area contributed by atoms with Crippen LogP contribution >= 0.6 is 0 Å². The molecule has 174 valence electrons. The number of aromatic amines is 1. The average Bonchev–Trinajstić information content (AvgIpc) is 2.86. The standard InChI is InChI=1S/C25H31N5O3/c1-19(21-8-5-6-11-26-21)20-18-27-25(32)30(24(20)31)13-7-12-28-14-16-29(17-15-28)22-9-3-4-10-23(22)33-2/h3-6,8-11,18-19H,7,12-17H2,1-2H3,(H,27,32). The van der Waals surface area contributed by atoms with E-state index < -0.39 is 0 Å². The molecule has 0 spiro atoms. The molecule has 1 saturated heterocycles. The highest BCUT2D eigenvalue weighted by atomic mass is 16.5. The van der Waals surface area contributed by atoms with E-state index in [9.17, 15) is 9.59 Å². The molecule has 1 aliphatic heterocycles. The van der Waals surface area contributed by atoms with Crippen LogP contribution < -0.4 is 20.9 Å². The number of para-hydroxylation sites is 2. The number of H-pyrrole nitrogens is 1. The van der Waals surface area contributed by atoms with Gasteiger partial charge in [-0.15, -0.1) is 0 Å². The van der Waals surface area contributed by atoms with Crippen molar-refractivity contribution in [1.82, 2.24) is 19.4 Å². The summed E-state index contributed by atoms with van der Waals surface area (Å²) >= 11 is 0. The Hall–Kier alpha value is -3.39. The van der Waals surface area contributed by atoms with Crippen LogP contribution in [0.25, 0.3) is 0 Å². The quantitative estimate of drug-likeness (QED) is 0.568. The molecule has 1 unspecified atom stereocenters. The Morgan fingerprint density at radius 1 is 1.03 bits per heavy atom. The summed E-state index contributed by atoms with van der Waals surface area (Å²) in [6.45, 7) is 6.86. The van der Waals surface area contributed by atoms with Crippen LogP contribution in [0.4, 0.5) is 5.69 Å². The minimum absolute atomic E-state index is 0.190. The maximum atomic E-state index is 13.0. The molecule has 3 aromatic rings. The smallest absolute Gasteiger partial charge is 0.328 e. The molecular formula is C25H31N5O3. The van der Waals surface area contributed by atoms with Crippen molar-refractivity contribution < 1.29 is 4.74 Å². The van der Waals surface area contributed by atoms with Gasteiger partial charge < -0.3 is 14.6 Å². The van der Waals surface area contributed by atoms with Crippen molar-refractivity contribution in [2.45, 2.75) is 25.8 Å². The number of aromatic nitrogens is 3. The molecule has 2 aromatic heterocycles. The number of nitrogens with one attached hydrogen (secondary N) is 1. The fraction of sp³-hybridized carbons (Fsp3) is 0.400. The van der Waals surface area contributed by atoms with Crippen LogP contribution in [0.1, 0.15) is 30.5 Å². The third-order valence-corrected chi connectivity index (χ3v) is 6.34. The lowest BCUT2D eigenvalue weighted by Crippen LogP contribution is -2.47. The molecule has 4 rings (SSSR count). The zero-order valence-corrected chi connectivity index (χ0v) is 19.2. The van der Waals surface area contributed by atoms with E-state index in [1.54, 1.807) is 13.3 Å². The third kappa shape index (κ3) is 5.17. The van der Waals surface area contributed by atoms with Gasteiger partial charge in [-0.25, -0.2) is 4.79 Å². The minimum atomic E-state index is -0.363. The Morgan fingerprint density at radius 3 is 2.52 bits per heavy atom. The largest absolute Gasteiger partial charge is 0.495 e. The monoisotopic (exact) mass is 449 g/mol. The Morgan fingerprint density at radius 2 is 1.79 bits per heavy atom. The van der Waals surface area contributed by atoms with E-state index in [-0.39, 0.29) is 17.2 Å². The second-order valence-corrected chi connectivity index (χ2v) is 8.34. The van der Waals surface area contributed by atoms with Gasteiger partial charge in [0, 0.05) is 62.3 Å². The lowest BCUT2D eigenvalue weighted by Gasteiger charge is -2.36. The molecular weight excluding hydrogens is 418 g/mol. The van der Waals surface area contributed by atoms with Gasteiger partial charge in [0.2, 0.25) is 0 Å². The number of anilines is 1. The van der Waals surface area contributed by atoms with Gasteiger partial charge in [0.05, 0.1) is 12.8 Å². The SMILES string of the molecule is COc1ccccc1N1CCN(CCCn2c(=O)[nH]cc(C(C)c3ccccn3)c2=O)CC1. The van der Waals surface area contributed by atoms with Crippen LogP contribution in [0.5, 0.6) is 5.75 Å². The van der Waals surface area contributed by atoms with Crippen molar-refractivity contribution in [2.24, 2.45) is 0 Å². The molecule has 1 aromatic carbocycles. The normalized spacial score (nSPS) is 15.4. The van der Waals surface area contributed by atoms with E-state index in [1.807, 2.05) is 43.3 Å². The summed E-state index contributed by atoms with van der Waals surface area (Å²) in [4.78, 5) is 37.2.